The highest BCUT2D eigenvalue weighted by Crippen LogP contribution is 2.52. The fourth-order valence-corrected chi connectivity index (χ4v) is 7.73. The van der Waals surface area contributed by atoms with Gasteiger partial charge in [0.2, 0.25) is 0 Å². The van der Waals surface area contributed by atoms with Crippen LogP contribution >= 0.6 is 8.60 Å². The second-order valence-electron chi connectivity index (χ2n) is 17.8. The highest BCUT2D eigenvalue weighted by Gasteiger charge is 2.36. The van der Waals surface area contributed by atoms with Crippen molar-refractivity contribution < 1.29 is 27.8 Å². The van der Waals surface area contributed by atoms with Gasteiger partial charge in [-0.1, -0.05) is 201 Å². The summed E-state index contributed by atoms with van der Waals surface area (Å²) in [5.74, 6) is 0.421. The van der Waals surface area contributed by atoms with E-state index >= 15 is 0 Å². The van der Waals surface area contributed by atoms with Crippen molar-refractivity contribution in [3.05, 3.63) is 58.7 Å². The van der Waals surface area contributed by atoms with Gasteiger partial charge in [-0.25, -0.2) is 0 Å². The molecule has 7 heteroatoms. The molecule has 0 amide bonds. The van der Waals surface area contributed by atoms with Gasteiger partial charge in [-0.3, -0.25) is 4.79 Å². The second-order valence-corrected chi connectivity index (χ2v) is 18.8. The largest absolute Gasteiger partial charge is 0.497 e. The standard InChI is InChI=1S/C48H80FO5P/c1-12-16-17-18-19-20-21-22-23-24-25-26-27-28-29-32-35-51-45(50)38(5)39-36-41(47(8,9)14-3)44(42(37-39)48(10,11)15-4)53-55(54-49)52-43-34-31-30-33-40(43)46(6,7)13-2/h30-31,33-34,36-38H,12-29,32,35H2,1-11H3. The van der Waals surface area contributed by atoms with Crippen molar-refractivity contribution in [3.8, 4) is 11.5 Å². The maximum absolute atomic E-state index is 14.4. The molecular formula is C48H80FO5P. The molecule has 2 unspecified atom stereocenters. The van der Waals surface area contributed by atoms with Gasteiger partial charge in [0.15, 0.2) is 0 Å². The van der Waals surface area contributed by atoms with Gasteiger partial charge in [0, 0.05) is 16.7 Å². The number of esters is 1. The summed E-state index contributed by atoms with van der Waals surface area (Å²) >= 11 is 0. The quantitative estimate of drug-likeness (QED) is 0.0448. The number of halogens is 1. The zero-order valence-electron chi connectivity index (χ0n) is 37.1. The summed E-state index contributed by atoms with van der Waals surface area (Å²) in [6, 6.07) is 11.8. The van der Waals surface area contributed by atoms with Crippen LogP contribution in [0.2, 0.25) is 0 Å². The highest BCUT2D eigenvalue weighted by molar-refractivity contribution is 7.42. The molecule has 55 heavy (non-hydrogen) atoms. The molecule has 2 atom stereocenters. The Kier molecular flexibility index (Phi) is 22.5. The molecule has 0 bridgehead atoms. The van der Waals surface area contributed by atoms with E-state index in [9.17, 15) is 9.32 Å². The van der Waals surface area contributed by atoms with Crippen LogP contribution in [-0.2, 0) is 30.5 Å². The van der Waals surface area contributed by atoms with E-state index in [-0.39, 0.29) is 22.2 Å². The average molecular weight is 787 g/mol. The van der Waals surface area contributed by atoms with E-state index in [1.807, 2.05) is 31.2 Å². The van der Waals surface area contributed by atoms with Gasteiger partial charge >= 0.3 is 14.6 Å². The van der Waals surface area contributed by atoms with E-state index in [1.54, 1.807) is 0 Å². The van der Waals surface area contributed by atoms with Crippen LogP contribution in [0.25, 0.3) is 0 Å². The first kappa shape index (κ1) is 49.0. The highest BCUT2D eigenvalue weighted by atomic mass is 31.2. The first-order valence-electron chi connectivity index (χ1n) is 22.1. The van der Waals surface area contributed by atoms with Gasteiger partial charge in [0.25, 0.3) is 0 Å². The lowest BCUT2D eigenvalue weighted by molar-refractivity contribution is -0.145. The van der Waals surface area contributed by atoms with E-state index < -0.39 is 14.5 Å². The van der Waals surface area contributed by atoms with Crippen molar-refractivity contribution in [2.24, 2.45) is 0 Å². The summed E-state index contributed by atoms with van der Waals surface area (Å²) in [6.45, 7) is 23.9. The predicted molar refractivity (Wildman–Crippen MR) is 232 cm³/mol. The van der Waals surface area contributed by atoms with Gasteiger partial charge in [-0.15, -0.1) is 0 Å². The van der Waals surface area contributed by atoms with Crippen molar-refractivity contribution in [2.45, 2.75) is 220 Å². The molecule has 2 aromatic carbocycles. The molecule has 0 aliphatic carbocycles. The van der Waals surface area contributed by atoms with Crippen molar-refractivity contribution in [1.82, 2.24) is 0 Å². The Morgan fingerprint density at radius 1 is 0.618 bits per heavy atom. The third-order valence-electron chi connectivity index (χ3n) is 12.3. The maximum atomic E-state index is 14.4. The van der Waals surface area contributed by atoms with Gasteiger partial charge < -0.3 is 13.8 Å². The van der Waals surface area contributed by atoms with E-state index in [1.165, 1.54) is 89.9 Å². The number of hydrogen-bond donors (Lipinski definition) is 0. The Morgan fingerprint density at radius 3 is 1.47 bits per heavy atom. The van der Waals surface area contributed by atoms with Gasteiger partial charge in [-0.2, -0.15) is 0 Å². The van der Waals surface area contributed by atoms with Crippen molar-refractivity contribution in [2.75, 3.05) is 6.61 Å². The van der Waals surface area contributed by atoms with Gasteiger partial charge in [-0.05, 0) is 65.0 Å². The Bertz CT molecular complexity index is 1330. The smallest absolute Gasteiger partial charge is 0.465 e. The number of ether oxygens (including phenoxy) is 1. The molecule has 0 radical (unpaired) electrons. The molecule has 5 nitrogen and oxygen atoms in total. The summed E-state index contributed by atoms with van der Waals surface area (Å²) in [4.78, 5) is 13.5. The van der Waals surface area contributed by atoms with Crippen LogP contribution in [0, 0.1) is 0 Å². The Labute approximate surface area is 338 Å². The lowest BCUT2D eigenvalue weighted by atomic mass is 9.74. The van der Waals surface area contributed by atoms with Crippen molar-refractivity contribution in [1.29, 1.82) is 0 Å². The van der Waals surface area contributed by atoms with Crippen LogP contribution in [0.3, 0.4) is 0 Å². The Morgan fingerprint density at radius 2 is 1.04 bits per heavy atom. The summed E-state index contributed by atoms with van der Waals surface area (Å²) in [6.07, 6.45) is 23.4. The average Bonchev–Trinajstić information content (AvgIpc) is 3.18. The molecule has 314 valence electrons. The van der Waals surface area contributed by atoms with Crippen LogP contribution in [0.4, 0.5) is 4.53 Å². The number of unbranched alkanes of at least 4 members (excludes halogenated alkanes) is 15. The van der Waals surface area contributed by atoms with Gasteiger partial charge in [0.1, 0.15) is 11.5 Å². The molecule has 0 spiro atoms. The number of rotatable bonds is 30. The topological polar surface area (TPSA) is 54.0 Å². The molecule has 2 aromatic rings. The van der Waals surface area contributed by atoms with Crippen LogP contribution < -0.4 is 9.05 Å². The Hall–Kier alpha value is -2.17. The lowest BCUT2D eigenvalue weighted by Gasteiger charge is -2.34. The molecule has 0 fully saturated rings. The number of hydrogen-bond acceptors (Lipinski definition) is 5. The molecule has 0 saturated heterocycles. The van der Waals surface area contributed by atoms with Crippen LogP contribution in [0.15, 0.2) is 36.4 Å². The molecule has 2 rings (SSSR count). The molecule has 0 aromatic heterocycles. The molecule has 0 saturated carbocycles. The van der Waals surface area contributed by atoms with E-state index in [4.69, 9.17) is 13.8 Å². The normalized spacial score (nSPS) is 13.5. The molecule has 0 heterocycles. The number of carbonyl (C=O) groups is 1. The zero-order chi connectivity index (χ0) is 40.9. The minimum atomic E-state index is -2.44. The fraction of sp³-hybridized carbons (Fsp3) is 0.729. The number of carbonyl (C=O) groups excluding carboxylic acids is 1. The van der Waals surface area contributed by atoms with E-state index in [0.29, 0.717) is 18.1 Å². The van der Waals surface area contributed by atoms with Gasteiger partial charge in [0.05, 0.1) is 12.5 Å². The first-order valence-corrected chi connectivity index (χ1v) is 23.2. The zero-order valence-corrected chi connectivity index (χ0v) is 37.9. The summed E-state index contributed by atoms with van der Waals surface area (Å²) in [5, 5.41) is 0. The fourth-order valence-electron chi connectivity index (χ4n) is 6.97. The number of benzene rings is 2. The minimum absolute atomic E-state index is 0.184. The second kappa shape index (κ2) is 25.2. The molecule has 0 N–H and O–H groups in total. The van der Waals surface area contributed by atoms with Crippen LogP contribution in [0.5, 0.6) is 11.5 Å². The Balaban J connectivity index is 2.06. The van der Waals surface area contributed by atoms with Crippen molar-refractivity contribution in [3.63, 3.8) is 0 Å². The SMILES string of the molecule is CCCCCCCCCCCCCCCCCCOC(=O)C(C)c1cc(C(C)(C)CC)c(OP(OF)Oc2ccccc2C(C)(C)CC)c(C(C)(C)CC)c1. The number of para-hydroxylation sites is 1. The molecule has 0 aliphatic heterocycles. The van der Waals surface area contributed by atoms with Crippen molar-refractivity contribution >= 4 is 14.6 Å². The van der Waals surface area contributed by atoms with E-state index in [0.717, 1.165) is 54.4 Å². The summed E-state index contributed by atoms with van der Waals surface area (Å²) < 4.78 is 37.4. The third kappa shape index (κ3) is 16.3. The maximum Gasteiger partial charge on any atom is 0.497 e. The molecular weight excluding hydrogens is 706 g/mol. The predicted octanol–water partition coefficient (Wildman–Crippen LogP) is 16.2. The lowest BCUT2D eigenvalue weighted by Crippen LogP contribution is -2.24. The van der Waals surface area contributed by atoms with Crippen LogP contribution in [0.1, 0.15) is 226 Å². The summed E-state index contributed by atoms with van der Waals surface area (Å²) in [5.41, 5.74) is 2.77. The summed E-state index contributed by atoms with van der Waals surface area (Å²) in [7, 11) is -2.44. The monoisotopic (exact) mass is 787 g/mol. The first-order chi connectivity index (χ1) is 26.2. The molecule has 0 aliphatic rings. The van der Waals surface area contributed by atoms with Crippen LogP contribution in [-0.4, -0.2) is 12.6 Å². The minimum Gasteiger partial charge on any atom is -0.465 e. The third-order valence-corrected chi connectivity index (χ3v) is 13.1. The van der Waals surface area contributed by atoms with E-state index in [2.05, 4.69) is 86.1 Å².